The molecule has 0 bridgehead atoms. The van der Waals surface area contributed by atoms with Crippen LogP contribution in [0.1, 0.15) is 6.92 Å². The number of benzene rings is 2. The molecular weight excluding hydrogens is 376 g/mol. The Bertz CT molecular complexity index is 1000. The molecule has 0 aliphatic rings. The number of ether oxygens (including phenoxy) is 4. The SMILES string of the molecule is COc1ccc(-c2conc2-c2cc(OC)c(OC)c(OC)c2)cc1NC(C)=O. The highest BCUT2D eigenvalue weighted by molar-refractivity contribution is 5.92. The van der Waals surface area contributed by atoms with Crippen molar-refractivity contribution in [1.29, 1.82) is 0 Å². The van der Waals surface area contributed by atoms with Gasteiger partial charge in [-0.3, -0.25) is 4.79 Å². The van der Waals surface area contributed by atoms with Crippen LogP contribution < -0.4 is 24.3 Å². The number of nitrogens with zero attached hydrogens (tertiary/aromatic N) is 1. The molecule has 152 valence electrons. The number of nitrogens with one attached hydrogen (secondary N) is 1. The lowest BCUT2D eigenvalue weighted by atomic mass is 10.0. The molecule has 3 rings (SSSR count). The Balaban J connectivity index is 2.12. The Labute approximate surface area is 168 Å². The third-order valence-corrected chi connectivity index (χ3v) is 4.33. The molecular formula is C21H22N2O6. The summed E-state index contributed by atoms with van der Waals surface area (Å²) < 4.78 is 26.8. The zero-order chi connectivity index (χ0) is 21.0. The molecule has 29 heavy (non-hydrogen) atoms. The molecule has 0 unspecified atom stereocenters. The monoisotopic (exact) mass is 398 g/mol. The number of aromatic nitrogens is 1. The quantitative estimate of drug-likeness (QED) is 0.643. The summed E-state index contributed by atoms with van der Waals surface area (Å²) in [7, 11) is 6.19. The van der Waals surface area contributed by atoms with E-state index in [1.54, 1.807) is 52.7 Å². The summed E-state index contributed by atoms with van der Waals surface area (Å²) in [6, 6.07) is 9.01. The van der Waals surface area contributed by atoms with Crippen molar-refractivity contribution in [3.05, 3.63) is 36.6 Å². The Hall–Kier alpha value is -3.68. The van der Waals surface area contributed by atoms with Gasteiger partial charge in [-0.1, -0.05) is 11.2 Å². The molecule has 0 aliphatic carbocycles. The van der Waals surface area contributed by atoms with Crippen LogP contribution in [0, 0.1) is 0 Å². The second kappa shape index (κ2) is 8.55. The summed E-state index contributed by atoms with van der Waals surface area (Å²) in [4.78, 5) is 11.5. The van der Waals surface area contributed by atoms with E-state index in [0.717, 1.165) is 16.7 Å². The van der Waals surface area contributed by atoms with E-state index in [4.69, 9.17) is 23.5 Å². The van der Waals surface area contributed by atoms with E-state index in [9.17, 15) is 4.79 Å². The zero-order valence-electron chi connectivity index (χ0n) is 16.9. The summed E-state index contributed by atoms with van der Waals surface area (Å²) in [6.07, 6.45) is 1.54. The summed E-state index contributed by atoms with van der Waals surface area (Å²) in [5.41, 5.74) is 3.38. The predicted octanol–water partition coefficient (Wildman–Crippen LogP) is 4.00. The first kappa shape index (κ1) is 20.1. The van der Waals surface area contributed by atoms with Gasteiger partial charge in [0.05, 0.1) is 34.1 Å². The van der Waals surface area contributed by atoms with Crippen LogP contribution in [0.25, 0.3) is 22.4 Å². The zero-order valence-corrected chi connectivity index (χ0v) is 16.9. The van der Waals surface area contributed by atoms with Gasteiger partial charge in [-0.15, -0.1) is 0 Å². The van der Waals surface area contributed by atoms with Crippen molar-refractivity contribution in [1.82, 2.24) is 5.16 Å². The van der Waals surface area contributed by atoms with Crippen LogP contribution in [0.15, 0.2) is 41.1 Å². The molecule has 0 aliphatic heterocycles. The van der Waals surface area contributed by atoms with Crippen molar-refractivity contribution in [2.24, 2.45) is 0 Å². The lowest BCUT2D eigenvalue weighted by Gasteiger charge is -2.14. The van der Waals surface area contributed by atoms with Gasteiger partial charge >= 0.3 is 0 Å². The summed E-state index contributed by atoms with van der Waals surface area (Å²) in [5.74, 6) is 1.85. The number of amides is 1. The molecule has 0 fully saturated rings. The fraction of sp³-hybridized carbons (Fsp3) is 0.238. The minimum atomic E-state index is -0.199. The number of carbonyl (C=O) groups is 1. The number of carbonyl (C=O) groups excluding carboxylic acids is 1. The van der Waals surface area contributed by atoms with Gasteiger partial charge in [-0.25, -0.2) is 0 Å². The molecule has 0 atom stereocenters. The topological polar surface area (TPSA) is 92.1 Å². The van der Waals surface area contributed by atoms with Gasteiger partial charge in [0.1, 0.15) is 17.7 Å². The molecule has 0 saturated carbocycles. The van der Waals surface area contributed by atoms with Crippen molar-refractivity contribution < 1.29 is 28.3 Å². The van der Waals surface area contributed by atoms with E-state index in [2.05, 4.69) is 10.5 Å². The summed E-state index contributed by atoms with van der Waals surface area (Å²) in [6.45, 7) is 1.44. The second-order valence-electron chi connectivity index (χ2n) is 6.09. The number of methoxy groups -OCH3 is 4. The van der Waals surface area contributed by atoms with Crippen LogP contribution in [0.5, 0.6) is 23.0 Å². The molecule has 2 aromatic carbocycles. The van der Waals surface area contributed by atoms with E-state index >= 15 is 0 Å². The number of hydrogen-bond acceptors (Lipinski definition) is 7. The van der Waals surface area contributed by atoms with Gasteiger partial charge in [0.15, 0.2) is 11.5 Å². The largest absolute Gasteiger partial charge is 0.495 e. The molecule has 0 spiro atoms. The molecule has 0 saturated heterocycles. The smallest absolute Gasteiger partial charge is 0.221 e. The average Bonchev–Trinajstić information content (AvgIpc) is 3.22. The van der Waals surface area contributed by atoms with Crippen molar-refractivity contribution in [3.63, 3.8) is 0 Å². The molecule has 1 heterocycles. The van der Waals surface area contributed by atoms with Crippen molar-refractivity contribution >= 4 is 11.6 Å². The van der Waals surface area contributed by atoms with Crippen LogP contribution >= 0.6 is 0 Å². The molecule has 1 amide bonds. The fourth-order valence-electron chi connectivity index (χ4n) is 3.03. The van der Waals surface area contributed by atoms with Crippen LogP contribution in [0.2, 0.25) is 0 Å². The van der Waals surface area contributed by atoms with Crippen LogP contribution in [0.4, 0.5) is 5.69 Å². The predicted molar refractivity (Wildman–Crippen MR) is 108 cm³/mol. The van der Waals surface area contributed by atoms with Gasteiger partial charge in [0.2, 0.25) is 11.7 Å². The first-order chi connectivity index (χ1) is 14.0. The Kier molecular flexibility index (Phi) is 5.92. The maximum atomic E-state index is 11.5. The summed E-state index contributed by atoms with van der Waals surface area (Å²) >= 11 is 0. The van der Waals surface area contributed by atoms with E-state index in [-0.39, 0.29) is 5.91 Å². The lowest BCUT2D eigenvalue weighted by molar-refractivity contribution is -0.114. The molecule has 0 radical (unpaired) electrons. The number of rotatable bonds is 7. The van der Waals surface area contributed by atoms with Gasteiger partial charge in [-0.05, 0) is 29.8 Å². The molecule has 8 heteroatoms. The lowest BCUT2D eigenvalue weighted by Crippen LogP contribution is -2.07. The first-order valence-electron chi connectivity index (χ1n) is 8.73. The van der Waals surface area contributed by atoms with Crippen LogP contribution in [0.3, 0.4) is 0 Å². The minimum absolute atomic E-state index is 0.199. The molecule has 1 aromatic heterocycles. The highest BCUT2D eigenvalue weighted by Gasteiger charge is 2.20. The summed E-state index contributed by atoms with van der Waals surface area (Å²) in [5, 5.41) is 6.92. The van der Waals surface area contributed by atoms with Gasteiger partial charge in [0.25, 0.3) is 0 Å². The highest BCUT2D eigenvalue weighted by atomic mass is 16.5. The van der Waals surface area contributed by atoms with E-state index < -0.39 is 0 Å². The molecule has 3 aromatic rings. The van der Waals surface area contributed by atoms with E-state index in [1.165, 1.54) is 13.2 Å². The van der Waals surface area contributed by atoms with Crippen LogP contribution in [-0.4, -0.2) is 39.5 Å². The Morgan fingerprint density at radius 1 is 0.897 bits per heavy atom. The first-order valence-corrected chi connectivity index (χ1v) is 8.73. The third-order valence-electron chi connectivity index (χ3n) is 4.33. The Morgan fingerprint density at radius 3 is 2.10 bits per heavy atom. The minimum Gasteiger partial charge on any atom is -0.495 e. The van der Waals surface area contributed by atoms with Gasteiger partial charge in [0, 0.05) is 18.1 Å². The average molecular weight is 398 g/mol. The van der Waals surface area contributed by atoms with Crippen molar-refractivity contribution in [3.8, 4) is 45.4 Å². The number of anilines is 1. The molecule has 1 N–H and O–H groups in total. The highest BCUT2D eigenvalue weighted by Crippen LogP contribution is 2.43. The second-order valence-corrected chi connectivity index (χ2v) is 6.09. The number of hydrogen-bond donors (Lipinski definition) is 1. The standard InChI is InChI=1S/C21H22N2O6/c1-12(24)22-16-8-13(6-7-17(16)25-2)15-11-29-23-20(15)14-9-18(26-3)21(28-5)19(10-14)27-4/h6-11H,1-5H3,(H,22,24). The maximum Gasteiger partial charge on any atom is 0.221 e. The van der Waals surface area contributed by atoms with Gasteiger partial charge in [-0.2, -0.15) is 0 Å². The normalized spacial score (nSPS) is 10.4. The third kappa shape index (κ3) is 3.96. The van der Waals surface area contributed by atoms with Gasteiger partial charge < -0.3 is 28.8 Å². The van der Waals surface area contributed by atoms with Crippen molar-refractivity contribution in [2.75, 3.05) is 33.8 Å². The van der Waals surface area contributed by atoms with E-state index in [0.29, 0.717) is 34.4 Å². The Morgan fingerprint density at radius 2 is 1.55 bits per heavy atom. The van der Waals surface area contributed by atoms with Crippen molar-refractivity contribution in [2.45, 2.75) is 6.92 Å². The maximum absolute atomic E-state index is 11.5. The van der Waals surface area contributed by atoms with Crippen LogP contribution in [-0.2, 0) is 4.79 Å². The van der Waals surface area contributed by atoms with E-state index in [1.807, 2.05) is 6.07 Å². The molecule has 8 nitrogen and oxygen atoms in total. The fourth-order valence-corrected chi connectivity index (χ4v) is 3.03.